The quantitative estimate of drug-likeness (QED) is 0.107. The van der Waals surface area contributed by atoms with Gasteiger partial charge >= 0.3 is 14.2 Å². The summed E-state index contributed by atoms with van der Waals surface area (Å²) in [4.78, 5) is 0. The zero-order valence-corrected chi connectivity index (χ0v) is 31.9. The Bertz CT molecular complexity index is 1290. The average molecular weight is 655 g/mol. The monoisotopic (exact) mass is 654 g/mol. The van der Waals surface area contributed by atoms with E-state index < -0.39 is 0 Å². The maximum atomic E-state index is 6.46. The number of rotatable bonds is 17. The molecule has 2 saturated heterocycles. The molecule has 2 aromatic carbocycles. The first-order valence-corrected chi connectivity index (χ1v) is 19.5. The largest absolute Gasteiger partial charge is 0.494 e. The van der Waals surface area contributed by atoms with Crippen LogP contribution >= 0.6 is 0 Å². The van der Waals surface area contributed by atoms with Crippen LogP contribution in [0.25, 0.3) is 16.7 Å². The van der Waals surface area contributed by atoms with Crippen molar-refractivity contribution in [1.29, 1.82) is 0 Å². The maximum absolute atomic E-state index is 6.46. The lowest BCUT2D eigenvalue weighted by molar-refractivity contribution is 0.00578. The summed E-state index contributed by atoms with van der Waals surface area (Å²) in [5, 5.41) is 0. The minimum atomic E-state index is -0.378. The molecule has 2 heterocycles. The molecule has 0 atom stereocenters. The summed E-state index contributed by atoms with van der Waals surface area (Å²) in [7, 11) is -0.757. The van der Waals surface area contributed by atoms with Crippen LogP contribution in [0.4, 0.5) is 0 Å². The predicted molar refractivity (Wildman–Crippen MR) is 205 cm³/mol. The summed E-state index contributed by atoms with van der Waals surface area (Å²) >= 11 is 0. The highest BCUT2D eigenvalue weighted by Crippen LogP contribution is 2.45. The fourth-order valence-corrected chi connectivity index (χ4v) is 7.24. The predicted octanol–water partition coefficient (Wildman–Crippen LogP) is 10.6. The lowest BCUT2D eigenvalue weighted by Crippen LogP contribution is -2.41. The molecule has 0 spiro atoms. The van der Waals surface area contributed by atoms with Crippen LogP contribution < -0.4 is 10.9 Å². The molecule has 0 aromatic heterocycles. The van der Waals surface area contributed by atoms with Gasteiger partial charge in [-0.05, 0) is 107 Å². The standard InChI is InChI=1S/C42H64B2O4/c1-10-11-12-13-14-15-16-17-18-19-20-21-22-23-24-25-34-37-30-32(43-45-39(2,3)40(4,5)46-43)26-28-35(37)36-29-27-33(31-38(34)36)44-47-41(6,7)42(8,9)48-44/h25-31H,10-24H2,1-9H3. The second kappa shape index (κ2) is 15.6. The van der Waals surface area contributed by atoms with Crippen LogP contribution in [0.2, 0.25) is 0 Å². The Morgan fingerprint density at radius 3 is 1.15 bits per heavy atom. The number of benzene rings is 2. The number of allylic oxidation sites excluding steroid dienone is 1. The van der Waals surface area contributed by atoms with Crippen molar-refractivity contribution in [1.82, 2.24) is 0 Å². The average Bonchev–Trinajstić information content (AvgIpc) is 3.54. The Hall–Kier alpha value is -1.85. The Balaban J connectivity index is 1.23. The van der Waals surface area contributed by atoms with Gasteiger partial charge < -0.3 is 18.6 Å². The van der Waals surface area contributed by atoms with Gasteiger partial charge in [-0.3, -0.25) is 0 Å². The molecule has 0 amide bonds. The van der Waals surface area contributed by atoms with E-state index in [2.05, 4.69) is 105 Å². The normalized spacial score (nSPS) is 20.0. The zero-order valence-electron chi connectivity index (χ0n) is 31.9. The topological polar surface area (TPSA) is 36.9 Å². The van der Waals surface area contributed by atoms with Crippen LogP contribution in [0.3, 0.4) is 0 Å². The van der Waals surface area contributed by atoms with Crippen LogP contribution in [-0.4, -0.2) is 36.6 Å². The van der Waals surface area contributed by atoms with E-state index in [4.69, 9.17) is 18.6 Å². The molecule has 2 aromatic rings. The second-order valence-electron chi connectivity index (χ2n) is 16.8. The van der Waals surface area contributed by atoms with E-state index in [9.17, 15) is 0 Å². The molecule has 0 radical (unpaired) electrons. The van der Waals surface area contributed by atoms with E-state index in [1.54, 1.807) is 0 Å². The molecular weight excluding hydrogens is 590 g/mol. The molecule has 48 heavy (non-hydrogen) atoms. The van der Waals surface area contributed by atoms with Crippen molar-refractivity contribution in [3.63, 3.8) is 0 Å². The first kappa shape index (κ1) is 37.4. The van der Waals surface area contributed by atoms with E-state index in [1.165, 1.54) is 118 Å². The third kappa shape index (κ3) is 8.36. The SMILES string of the molecule is CCCCCCCCCCCCCCCCC=C1c2cc(B3OC(C)(C)C(C)(C)O3)ccc2-c2ccc(B3OC(C)(C)C(C)(C)O3)cc21. The van der Waals surface area contributed by atoms with Crippen molar-refractivity contribution in [2.24, 2.45) is 0 Å². The zero-order chi connectivity index (χ0) is 34.6. The van der Waals surface area contributed by atoms with E-state index in [0.717, 1.165) is 17.3 Å². The molecule has 0 N–H and O–H groups in total. The number of fused-ring (bicyclic) bond motifs is 3. The molecule has 4 nitrogen and oxygen atoms in total. The van der Waals surface area contributed by atoms with Gasteiger partial charge in [0.1, 0.15) is 0 Å². The summed E-state index contributed by atoms with van der Waals surface area (Å²) in [6.45, 7) is 19.3. The van der Waals surface area contributed by atoms with Crippen molar-refractivity contribution in [2.75, 3.05) is 0 Å². The van der Waals surface area contributed by atoms with Crippen LogP contribution in [-0.2, 0) is 18.6 Å². The Morgan fingerprint density at radius 2 is 0.792 bits per heavy atom. The third-order valence-corrected chi connectivity index (χ3v) is 11.9. The highest BCUT2D eigenvalue weighted by atomic mass is 16.7. The van der Waals surface area contributed by atoms with Gasteiger partial charge in [-0.1, -0.05) is 133 Å². The number of hydrogen-bond acceptors (Lipinski definition) is 4. The van der Waals surface area contributed by atoms with Crippen LogP contribution in [0.15, 0.2) is 42.5 Å². The molecule has 0 saturated carbocycles. The summed E-state index contributed by atoms with van der Waals surface area (Å²) in [6.07, 6.45) is 22.9. The Labute approximate surface area is 294 Å². The highest BCUT2D eigenvalue weighted by molar-refractivity contribution is 6.62. The summed E-state index contributed by atoms with van der Waals surface area (Å²) in [6, 6.07) is 13.5. The summed E-state index contributed by atoms with van der Waals surface area (Å²) in [5.74, 6) is 0. The van der Waals surface area contributed by atoms with Crippen molar-refractivity contribution < 1.29 is 18.6 Å². The molecule has 2 fully saturated rings. The maximum Gasteiger partial charge on any atom is 0.494 e. The van der Waals surface area contributed by atoms with Gasteiger partial charge in [0.2, 0.25) is 0 Å². The second-order valence-corrected chi connectivity index (χ2v) is 16.8. The molecule has 0 bridgehead atoms. The molecule has 1 aliphatic carbocycles. The number of hydrogen-bond donors (Lipinski definition) is 0. The number of unbranched alkanes of at least 4 members (excludes halogenated alkanes) is 14. The Morgan fingerprint density at radius 1 is 0.458 bits per heavy atom. The molecule has 262 valence electrons. The molecule has 2 aliphatic heterocycles. The minimum absolute atomic E-state index is 0.371. The van der Waals surface area contributed by atoms with E-state index in [1.807, 2.05) is 0 Å². The van der Waals surface area contributed by atoms with Gasteiger partial charge in [0.25, 0.3) is 0 Å². The van der Waals surface area contributed by atoms with Gasteiger partial charge in [0, 0.05) is 0 Å². The lowest BCUT2D eigenvalue weighted by Gasteiger charge is -2.32. The van der Waals surface area contributed by atoms with Crippen molar-refractivity contribution in [3.05, 3.63) is 53.6 Å². The van der Waals surface area contributed by atoms with Crippen molar-refractivity contribution in [2.45, 2.75) is 181 Å². The highest BCUT2D eigenvalue weighted by Gasteiger charge is 2.53. The van der Waals surface area contributed by atoms with Crippen molar-refractivity contribution >= 4 is 30.7 Å². The lowest BCUT2D eigenvalue weighted by atomic mass is 9.77. The molecular formula is C42H64B2O4. The minimum Gasteiger partial charge on any atom is -0.399 e. The molecule has 0 unspecified atom stereocenters. The smallest absolute Gasteiger partial charge is 0.399 e. The summed E-state index contributed by atoms with van der Waals surface area (Å²) in [5.41, 5.74) is 7.08. The van der Waals surface area contributed by atoms with Crippen LogP contribution in [0.5, 0.6) is 0 Å². The molecule has 6 heteroatoms. The van der Waals surface area contributed by atoms with Gasteiger partial charge in [-0.25, -0.2) is 0 Å². The fraction of sp³-hybridized carbons (Fsp3) is 0.667. The third-order valence-electron chi connectivity index (χ3n) is 11.9. The summed E-state index contributed by atoms with van der Waals surface area (Å²) < 4.78 is 25.9. The van der Waals surface area contributed by atoms with Gasteiger partial charge in [0.05, 0.1) is 22.4 Å². The molecule has 5 rings (SSSR count). The van der Waals surface area contributed by atoms with E-state index >= 15 is 0 Å². The van der Waals surface area contributed by atoms with Crippen molar-refractivity contribution in [3.8, 4) is 11.1 Å². The van der Waals surface area contributed by atoms with Gasteiger partial charge in [0.15, 0.2) is 0 Å². The van der Waals surface area contributed by atoms with Crippen LogP contribution in [0, 0.1) is 0 Å². The van der Waals surface area contributed by atoms with Gasteiger partial charge in [-0.15, -0.1) is 0 Å². The van der Waals surface area contributed by atoms with E-state index in [0.29, 0.717) is 0 Å². The fourth-order valence-electron chi connectivity index (χ4n) is 7.24. The first-order valence-electron chi connectivity index (χ1n) is 19.5. The van der Waals surface area contributed by atoms with E-state index in [-0.39, 0.29) is 36.6 Å². The Kier molecular flexibility index (Phi) is 12.1. The molecule has 3 aliphatic rings. The van der Waals surface area contributed by atoms with Crippen LogP contribution in [0.1, 0.15) is 170 Å². The first-order chi connectivity index (χ1) is 22.8. The van der Waals surface area contributed by atoms with Gasteiger partial charge in [-0.2, -0.15) is 0 Å².